The van der Waals surface area contributed by atoms with Gasteiger partial charge in [-0.15, -0.1) is 0 Å². The van der Waals surface area contributed by atoms with Crippen LogP contribution in [0, 0.1) is 11.8 Å². The van der Waals surface area contributed by atoms with Gasteiger partial charge < -0.3 is 9.84 Å². The van der Waals surface area contributed by atoms with Crippen molar-refractivity contribution in [2.75, 3.05) is 7.11 Å². The van der Waals surface area contributed by atoms with E-state index in [0.29, 0.717) is 11.8 Å². The van der Waals surface area contributed by atoms with Gasteiger partial charge in [0.1, 0.15) is 0 Å². The molecule has 0 amide bonds. The van der Waals surface area contributed by atoms with Crippen molar-refractivity contribution in [3.05, 3.63) is 0 Å². The molecule has 0 heterocycles. The first-order chi connectivity index (χ1) is 6.72. The second-order valence-electron chi connectivity index (χ2n) is 4.52. The molecule has 1 rings (SSSR count). The molecule has 0 saturated heterocycles. The summed E-state index contributed by atoms with van der Waals surface area (Å²) < 4.78 is 5.38. The molecular formula is C12H24O2. The van der Waals surface area contributed by atoms with Gasteiger partial charge in [-0.3, -0.25) is 0 Å². The van der Waals surface area contributed by atoms with Crippen LogP contribution in [0.1, 0.15) is 46.0 Å². The normalized spacial score (nSPS) is 21.2. The molecule has 2 unspecified atom stereocenters. The summed E-state index contributed by atoms with van der Waals surface area (Å²) in [6.45, 7) is 4.39. The summed E-state index contributed by atoms with van der Waals surface area (Å²) >= 11 is 0. The lowest BCUT2D eigenvalue weighted by atomic mass is 9.92. The van der Waals surface area contributed by atoms with E-state index in [9.17, 15) is 5.11 Å². The number of rotatable bonds is 7. The molecule has 1 N–H and O–H groups in total. The molecule has 0 aliphatic heterocycles. The summed E-state index contributed by atoms with van der Waals surface area (Å²) in [4.78, 5) is 0. The zero-order valence-electron chi connectivity index (χ0n) is 9.70. The number of aliphatic hydroxyl groups is 1. The third kappa shape index (κ3) is 3.25. The van der Waals surface area contributed by atoms with Crippen LogP contribution in [0.15, 0.2) is 0 Å². The van der Waals surface area contributed by atoms with Crippen molar-refractivity contribution in [2.24, 2.45) is 11.8 Å². The molecule has 1 saturated carbocycles. The fraction of sp³-hybridized carbons (Fsp3) is 1.00. The minimum Gasteiger partial charge on any atom is -0.390 e. The lowest BCUT2D eigenvalue weighted by molar-refractivity contribution is -0.0352. The molecule has 0 radical (unpaired) electrons. The maximum absolute atomic E-state index is 10.0. The lowest BCUT2D eigenvalue weighted by Gasteiger charge is -2.24. The van der Waals surface area contributed by atoms with Crippen LogP contribution in [-0.4, -0.2) is 24.4 Å². The molecule has 1 aliphatic rings. The second-order valence-corrected chi connectivity index (χ2v) is 4.52. The maximum Gasteiger partial charge on any atom is 0.0858 e. The number of hydrogen-bond donors (Lipinski definition) is 1. The van der Waals surface area contributed by atoms with E-state index in [4.69, 9.17) is 4.74 Å². The molecule has 2 nitrogen and oxygen atoms in total. The largest absolute Gasteiger partial charge is 0.390 e. The highest BCUT2D eigenvalue weighted by atomic mass is 16.5. The molecule has 0 aromatic rings. The highest BCUT2D eigenvalue weighted by Gasteiger charge is 2.36. The molecule has 1 fully saturated rings. The molecule has 0 bridgehead atoms. The van der Waals surface area contributed by atoms with Gasteiger partial charge in [-0.1, -0.05) is 26.7 Å². The summed E-state index contributed by atoms with van der Waals surface area (Å²) in [7, 11) is 1.72. The standard InChI is InChI=1S/C12H24O2/c1-4-9(5-2)8-11(13)12(14-3)10-6-7-10/h9-13H,4-8H2,1-3H3. The number of hydrogen-bond acceptors (Lipinski definition) is 2. The highest BCUT2D eigenvalue weighted by Crippen LogP contribution is 2.37. The van der Waals surface area contributed by atoms with Crippen molar-refractivity contribution >= 4 is 0 Å². The van der Waals surface area contributed by atoms with E-state index in [-0.39, 0.29) is 12.2 Å². The number of methoxy groups -OCH3 is 1. The Morgan fingerprint density at radius 3 is 2.21 bits per heavy atom. The first-order valence-corrected chi connectivity index (χ1v) is 5.93. The average molecular weight is 200 g/mol. The van der Waals surface area contributed by atoms with Gasteiger partial charge in [-0.2, -0.15) is 0 Å². The predicted molar refractivity (Wildman–Crippen MR) is 58.2 cm³/mol. The molecule has 84 valence electrons. The molecule has 2 atom stereocenters. The third-order valence-corrected chi connectivity index (χ3v) is 3.47. The van der Waals surface area contributed by atoms with Gasteiger partial charge in [0.05, 0.1) is 12.2 Å². The van der Waals surface area contributed by atoms with Gasteiger partial charge in [0.25, 0.3) is 0 Å². The van der Waals surface area contributed by atoms with Gasteiger partial charge in [-0.05, 0) is 31.1 Å². The van der Waals surface area contributed by atoms with Crippen LogP contribution >= 0.6 is 0 Å². The maximum atomic E-state index is 10.0. The van der Waals surface area contributed by atoms with Crippen molar-refractivity contribution in [1.82, 2.24) is 0 Å². The summed E-state index contributed by atoms with van der Waals surface area (Å²) in [5.74, 6) is 1.28. The van der Waals surface area contributed by atoms with Crippen LogP contribution in [0.2, 0.25) is 0 Å². The van der Waals surface area contributed by atoms with E-state index in [2.05, 4.69) is 13.8 Å². The van der Waals surface area contributed by atoms with Crippen LogP contribution in [0.3, 0.4) is 0 Å². The number of aliphatic hydroxyl groups excluding tert-OH is 1. The van der Waals surface area contributed by atoms with Crippen molar-refractivity contribution in [3.63, 3.8) is 0 Å². The molecule has 1 aliphatic carbocycles. The number of ether oxygens (including phenoxy) is 1. The van der Waals surface area contributed by atoms with Crippen LogP contribution in [0.5, 0.6) is 0 Å². The van der Waals surface area contributed by atoms with Crippen LogP contribution < -0.4 is 0 Å². The Morgan fingerprint density at radius 1 is 1.29 bits per heavy atom. The molecule has 14 heavy (non-hydrogen) atoms. The van der Waals surface area contributed by atoms with E-state index < -0.39 is 0 Å². The first-order valence-electron chi connectivity index (χ1n) is 5.93. The summed E-state index contributed by atoms with van der Waals surface area (Å²) in [5, 5.41) is 10.0. The Labute approximate surface area is 87.7 Å². The van der Waals surface area contributed by atoms with E-state index in [1.807, 2.05) is 0 Å². The van der Waals surface area contributed by atoms with Gasteiger partial charge in [0.15, 0.2) is 0 Å². The first kappa shape index (κ1) is 12.0. The topological polar surface area (TPSA) is 29.5 Å². The summed E-state index contributed by atoms with van der Waals surface area (Å²) in [5.41, 5.74) is 0. The molecule has 0 aromatic heterocycles. The van der Waals surface area contributed by atoms with Gasteiger partial charge >= 0.3 is 0 Å². The Kier molecular flexibility index (Phi) is 4.90. The minimum absolute atomic E-state index is 0.0931. The van der Waals surface area contributed by atoms with Crippen molar-refractivity contribution < 1.29 is 9.84 Å². The smallest absolute Gasteiger partial charge is 0.0858 e. The van der Waals surface area contributed by atoms with Crippen LogP contribution in [-0.2, 0) is 4.74 Å². The zero-order chi connectivity index (χ0) is 10.6. The Bertz CT molecular complexity index is 150. The summed E-state index contributed by atoms with van der Waals surface area (Å²) in [6, 6.07) is 0. The zero-order valence-corrected chi connectivity index (χ0v) is 9.70. The van der Waals surface area contributed by atoms with Gasteiger partial charge in [-0.25, -0.2) is 0 Å². The van der Waals surface area contributed by atoms with E-state index in [1.165, 1.54) is 12.8 Å². The molecular weight excluding hydrogens is 176 g/mol. The lowest BCUT2D eigenvalue weighted by Crippen LogP contribution is -2.31. The van der Waals surface area contributed by atoms with E-state index in [1.54, 1.807) is 7.11 Å². The van der Waals surface area contributed by atoms with Crippen molar-refractivity contribution in [2.45, 2.75) is 58.2 Å². The second kappa shape index (κ2) is 5.72. The van der Waals surface area contributed by atoms with Crippen molar-refractivity contribution in [1.29, 1.82) is 0 Å². The minimum atomic E-state index is -0.252. The SMILES string of the molecule is CCC(CC)CC(O)C(OC)C1CC1. The molecule has 2 heteroatoms. The fourth-order valence-electron chi connectivity index (χ4n) is 2.19. The monoisotopic (exact) mass is 200 g/mol. The Balaban J connectivity index is 2.33. The Hall–Kier alpha value is -0.0800. The van der Waals surface area contributed by atoms with Gasteiger partial charge in [0.2, 0.25) is 0 Å². The Morgan fingerprint density at radius 2 is 1.86 bits per heavy atom. The predicted octanol–water partition coefficient (Wildman–Crippen LogP) is 2.60. The van der Waals surface area contributed by atoms with E-state index in [0.717, 1.165) is 19.3 Å². The summed E-state index contributed by atoms with van der Waals surface area (Å²) in [6.07, 6.45) is 5.54. The van der Waals surface area contributed by atoms with E-state index >= 15 is 0 Å². The fourth-order valence-corrected chi connectivity index (χ4v) is 2.19. The van der Waals surface area contributed by atoms with Crippen LogP contribution in [0.4, 0.5) is 0 Å². The van der Waals surface area contributed by atoms with Crippen molar-refractivity contribution in [3.8, 4) is 0 Å². The van der Waals surface area contributed by atoms with Crippen LogP contribution in [0.25, 0.3) is 0 Å². The molecule has 0 aromatic carbocycles. The third-order valence-electron chi connectivity index (χ3n) is 3.47. The average Bonchev–Trinajstić information content (AvgIpc) is 2.99. The molecule has 0 spiro atoms. The quantitative estimate of drug-likeness (QED) is 0.684. The van der Waals surface area contributed by atoms with Gasteiger partial charge in [0, 0.05) is 7.11 Å². The highest BCUT2D eigenvalue weighted by molar-refractivity contribution is 4.87.